The summed E-state index contributed by atoms with van der Waals surface area (Å²) in [4.78, 5) is 15.6. The molecule has 1 aromatic heterocycles. The van der Waals surface area contributed by atoms with E-state index in [1.54, 1.807) is 0 Å². The quantitative estimate of drug-likeness (QED) is 0.466. The molecule has 1 amide bonds. The maximum atomic E-state index is 13.6. The molecule has 0 unspecified atom stereocenters. The van der Waals surface area contributed by atoms with E-state index in [0.29, 0.717) is 0 Å². The van der Waals surface area contributed by atoms with E-state index in [1.165, 1.54) is 27.6 Å². The van der Waals surface area contributed by atoms with Gasteiger partial charge in [-0.3, -0.25) is 4.79 Å². The predicted molar refractivity (Wildman–Crippen MR) is 119 cm³/mol. The fourth-order valence-electron chi connectivity index (χ4n) is 4.58. The summed E-state index contributed by atoms with van der Waals surface area (Å²) in [6.07, 6.45) is 1.79. The SMILES string of the molecule is Cc1cccc2c3c(n(CCc4ccccc4)c12)C(=O)N(c1ccccc1)CC3. The maximum absolute atomic E-state index is 13.6. The van der Waals surface area contributed by atoms with Gasteiger partial charge in [0, 0.05) is 24.2 Å². The molecule has 3 aromatic carbocycles. The van der Waals surface area contributed by atoms with E-state index in [-0.39, 0.29) is 5.91 Å². The summed E-state index contributed by atoms with van der Waals surface area (Å²) in [6, 6.07) is 26.9. The van der Waals surface area contributed by atoms with Gasteiger partial charge in [0.2, 0.25) is 0 Å². The third-order valence-electron chi connectivity index (χ3n) is 5.96. The Morgan fingerprint density at radius 1 is 0.862 bits per heavy atom. The van der Waals surface area contributed by atoms with Crippen LogP contribution in [0, 0.1) is 6.92 Å². The predicted octanol–water partition coefficient (Wildman–Crippen LogP) is 5.40. The van der Waals surface area contributed by atoms with E-state index in [9.17, 15) is 4.79 Å². The molecule has 0 N–H and O–H groups in total. The van der Waals surface area contributed by atoms with Crippen LogP contribution >= 0.6 is 0 Å². The van der Waals surface area contributed by atoms with Crippen LogP contribution in [0.25, 0.3) is 10.9 Å². The Bertz CT molecular complexity index is 1180. The zero-order valence-electron chi connectivity index (χ0n) is 16.6. The summed E-state index contributed by atoms with van der Waals surface area (Å²) in [5.74, 6) is 0.112. The molecule has 3 nitrogen and oxygen atoms in total. The minimum atomic E-state index is 0.112. The van der Waals surface area contributed by atoms with Gasteiger partial charge in [0.25, 0.3) is 5.91 Å². The van der Waals surface area contributed by atoms with Crippen molar-refractivity contribution in [3.05, 3.63) is 101 Å². The van der Waals surface area contributed by atoms with Crippen LogP contribution in [-0.2, 0) is 19.4 Å². The lowest BCUT2D eigenvalue weighted by atomic mass is 10.0. The van der Waals surface area contributed by atoms with Gasteiger partial charge in [0.05, 0.1) is 5.52 Å². The van der Waals surface area contributed by atoms with E-state index >= 15 is 0 Å². The monoisotopic (exact) mass is 380 g/mol. The molecule has 1 aliphatic rings. The number of aryl methyl sites for hydroxylation is 3. The summed E-state index contributed by atoms with van der Waals surface area (Å²) in [5.41, 5.74) is 6.76. The van der Waals surface area contributed by atoms with Crippen molar-refractivity contribution in [2.75, 3.05) is 11.4 Å². The number of hydrogen-bond acceptors (Lipinski definition) is 1. The molecule has 0 radical (unpaired) electrons. The summed E-state index contributed by atoms with van der Waals surface area (Å²) >= 11 is 0. The molecule has 4 aromatic rings. The number of para-hydroxylation sites is 2. The first-order valence-corrected chi connectivity index (χ1v) is 10.3. The van der Waals surface area contributed by atoms with Crippen LogP contribution in [0.2, 0.25) is 0 Å². The zero-order chi connectivity index (χ0) is 19.8. The van der Waals surface area contributed by atoms with Crippen molar-refractivity contribution < 1.29 is 4.79 Å². The normalized spacial score (nSPS) is 13.7. The van der Waals surface area contributed by atoms with E-state index in [2.05, 4.69) is 54.0 Å². The average Bonchev–Trinajstić information content (AvgIpc) is 3.10. The smallest absolute Gasteiger partial charge is 0.275 e. The summed E-state index contributed by atoms with van der Waals surface area (Å²) in [6.45, 7) is 3.67. The third-order valence-corrected chi connectivity index (χ3v) is 5.96. The molecular weight excluding hydrogens is 356 g/mol. The Kier molecular flexibility index (Phi) is 4.44. The molecule has 29 heavy (non-hydrogen) atoms. The molecule has 3 heteroatoms. The molecule has 1 aliphatic heterocycles. The Morgan fingerprint density at radius 3 is 2.34 bits per heavy atom. The first kappa shape index (κ1) is 17.7. The highest BCUT2D eigenvalue weighted by molar-refractivity contribution is 6.11. The van der Waals surface area contributed by atoms with Gasteiger partial charge in [-0.25, -0.2) is 0 Å². The van der Waals surface area contributed by atoms with Crippen molar-refractivity contribution in [2.45, 2.75) is 26.3 Å². The number of nitrogens with zero attached hydrogens (tertiary/aromatic N) is 2. The molecule has 2 heterocycles. The summed E-state index contributed by atoms with van der Waals surface area (Å²) in [5, 5.41) is 1.23. The van der Waals surface area contributed by atoms with Gasteiger partial charge in [0.1, 0.15) is 5.69 Å². The standard InChI is InChI=1S/C26H24N2O/c1-19-9-8-14-22-23-16-18-27(21-12-6-3-7-13-21)26(29)25(23)28(24(19)22)17-15-20-10-4-2-5-11-20/h2-14H,15-18H2,1H3. The van der Waals surface area contributed by atoms with Crippen molar-refractivity contribution in [3.8, 4) is 0 Å². The highest BCUT2D eigenvalue weighted by Crippen LogP contribution is 2.34. The molecular formula is C26H24N2O. The summed E-state index contributed by atoms with van der Waals surface area (Å²) < 4.78 is 2.27. The van der Waals surface area contributed by atoms with Crippen molar-refractivity contribution >= 4 is 22.5 Å². The number of fused-ring (bicyclic) bond motifs is 3. The molecule has 0 spiro atoms. The van der Waals surface area contributed by atoms with Crippen LogP contribution < -0.4 is 4.90 Å². The van der Waals surface area contributed by atoms with Crippen LogP contribution in [0.15, 0.2) is 78.9 Å². The van der Waals surface area contributed by atoms with Gasteiger partial charge < -0.3 is 9.47 Å². The molecule has 0 bridgehead atoms. The lowest BCUT2D eigenvalue weighted by Gasteiger charge is -2.28. The van der Waals surface area contributed by atoms with Crippen LogP contribution in [0.5, 0.6) is 0 Å². The number of amides is 1. The van der Waals surface area contributed by atoms with Crippen molar-refractivity contribution in [2.24, 2.45) is 0 Å². The number of benzene rings is 3. The topological polar surface area (TPSA) is 25.2 Å². The van der Waals surface area contributed by atoms with Gasteiger partial charge in [0.15, 0.2) is 0 Å². The van der Waals surface area contributed by atoms with Gasteiger partial charge in [-0.15, -0.1) is 0 Å². The lowest BCUT2D eigenvalue weighted by Crippen LogP contribution is -2.38. The van der Waals surface area contributed by atoms with E-state index < -0.39 is 0 Å². The minimum absolute atomic E-state index is 0.112. The molecule has 0 saturated heterocycles. The van der Waals surface area contributed by atoms with Crippen molar-refractivity contribution in [1.82, 2.24) is 4.57 Å². The molecule has 0 fully saturated rings. The zero-order valence-corrected chi connectivity index (χ0v) is 16.6. The van der Waals surface area contributed by atoms with E-state index in [0.717, 1.165) is 37.3 Å². The Labute approximate surface area is 171 Å². The first-order chi connectivity index (χ1) is 14.2. The number of hydrogen-bond donors (Lipinski definition) is 0. The largest absolute Gasteiger partial charge is 0.336 e. The van der Waals surface area contributed by atoms with Crippen LogP contribution in [0.1, 0.15) is 27.2 Å². The van der Waals surface area contributed by atoms with E-state index in [4.69, 9.17) is 0 Å². The number of carbonyl (C=O) groups excluding carboxylic acids is 1. The van der Waals surface area contributed by atoms with Gasteiger partial charge in [-0.2, -0.15) is 0 Å². The Morgan fingerprint density at radius 2 is 1.59 bits per heavy atom. The highest BCUT2D eigenvalue weighted by atomic mass is 16.2. The second-order valence-electron chi connectivity index (χ2n) is 7.73. The molecule has 144 valence electrons. The number of aromatic nitrogens is 1. The number of anilines is 1. The maximum Gasteiger partial charge on any atom is 0.275 e. The molecule has 0 aliphatic carbocycles. The molecule has 5 rings (SSSR count). The fourth-order valence-corrected chi connectivity index (χ4v) is 4.58. The lowest BCUT2D eigenvalue weighted by molar-refractivity contribution is 0.0972. The minimum Gasteiger partial charge on any atom is -0.336 e. The van der Waals surface area contributed by atoms with Crippen molar-refractivity contribution in [3.63, 3.8) is 0 Å². The third kappa shape index (κ3) is 3.03. The van der Waals surface area contributed by atoms with Gasteiger partial charge in [-0.1, -0.05) is 66.7 Å². The molecule has 0 atom stereocenters. The van der Waals surface area contributed by atoms with E-state index in [1.807, 2.05) is 41.3 Å². The average molecular weight is 380 g/mol. The highest BCUT2D eigenvalue weighted by Gasteiger charge is 2.31. The Balaban J connectivity index is 1.62. The van der Waals surface area contributed by atoms with Crippen LogP contribution in [0.4, 0.5) is 5.69 Å². The fraction of sp³-hybridized carbons (Fsp3) is 0.192. The van der Waals surface area contributed by atoms with Crippen molar-refractivity contribution in [1.29, 1.82) is 0 Å². The van der Waals surface area contributed by atoms with Gasteiger partial charge >= 0.3 is 0 Å². The molecule has 0 saturated carbocycles. The second kappa shape index (κ2) is 7.25. The second-order valence-corrected chi connectivity index (χ2v) is 7.73. The first-order valence-electron chi connectivity index (χ1n) is 10.3. The number of carbonyl (C=O) groups is 1. The van der Waals surface area contributed by atoms with Gasteiger partial charge in [-0.05, 0) is 48.6 Å². The van der Waals surface area contributed by atoms with Crippen LogP contribution in [0.3, 0.4) is 0 Å². The number of rotatable bonds is 4. The Hall–Kier alpha value is -3.33. The van der Waals surface area contributed by atoms with Crippen LogP contribution in [-0.4, -0.2) is 17.0 Å². The summed E-state index contributed by atoms with van der Waals surface area (Å²) in [7, 11) is 0.